The molecule has 7 heteroatoms. The molecule has 0 aliphatic rings. The Morgan fingerprint density at radius 1 is 1.53 bits per heavy atom. The number of aromatic nitrogens is 4. The van der Waals surface area contributed by atoms with Crippen LogP contribution >= 0.6 is 15.9 Å². The number of nitrogens with one attached hydrogen (secondary N) is 1. The third-order valence-electron chi connectivity index (χ3n) is 2.10. The minimum absolute atomic E-state index is 0.503. The van der Waals surface area contributed by atoms with Crippen LogP contribution in [-0.4, -0.2) is 26.9 Å². The minimum atomic E-state index is 0.503. The lowest BCUT2D eigenvalue weighted by molar-refractivity contribution is 0.394. The Balaban J connectivity index is 2.04. The van der Waals surface area contributed by atoms with Gasteiger partial charge in [-0.25, -0.2) is 4.98 Å². The molecule has 2 heterocycles. The van der Waals surface area contributed by atoms with Crippen LogP contribution < -0.4 is 10.1 Å². The maximum atomic E-state index is 5.08. The Kier molecular flexibility index (Phi) is 3.58. The Bertz CT molecular complexity index is 513. The summed E-state index contributed by atoms with van der Waals surface area (Å²) in [4.78, 5) is 8.31. The van der Waals surface area contributed by atoms with Crippen LogP contribution in [0.4, 0.5) is 5.95 Å². The number of halogens is 1. The van der Waals surface area contributed by atoms with Crippen molar-refractivity contribution in [3.63, 3.8) is 0 Å². The van der Waals surface area contributed by atoms with Crippen molar-refractivity contribution in [3.05, 3.63) is 28.6 Å². The van der Waals surface area contributed by atoms with E-state index in [-0.39, 0.29) is 0 Å². The summed E-state index contributed by atoms with van der Waals surface area (Å²) in [6.45, 7) is 0.575. The normalized spacial score (nSPS) is 10.3. The van der Waals surface area contributed by atoms with Crippen molar-refractivity contribution in [2.24, 2.45) is 7.05 Å². The molecule has 0 spiro atoms. The monoisotopic (exact) mass is 297 g/mol. The molecule has 0 aromatic carbocycles. The predicted octanol–water partition coefficient (Wildman–Crippen LogP) is 1.59. The van der Waals surface area contributed by atoms with Crippen LogP contribution in [0.2, 0.25) is 0 Å². The van der Waals surface area contributed by atoms with E-state index in [1.807, 2.05) is 19.3 Å². The largest absolute Gasteiger partial charge is 0.480 e. The van der Waals surface area contributed by atoms with E-state index in [0.29, 0.717) is 18.4 Å². The molecule has 0 bridgehead atoms. The van der Waals surface area contributed by atoms with E-state index in [4.69, 9.17) is 4.74 Å². The number of nitrogens with zero attached hydrogens (tertiary/aromatic N) is 4. The van der Waals surface area contributed by atoms with Gasteiger partial charge in [0, 0.05) is 13.2 Å². The second kappa shape index (κ2) is 5.13. The van der Waals surface area contributed by atoms with Gasteiger partial charge in [0.25, 0.3) is 0 Å². The zero-order valence-electron chi connectivity index (χ0n) is 9.51. The van der Waals surface area contributed by atoms with Crippen LogP contribution in [0.15, 0.2) is 22.9 Å². The first-order valence-corrected chi connectivity index (χ1v) is 5.77. The zero-order valence-corrected chi connectivity index (χ0v) is 11.1. The van der Waals surface area contributed by atoms with Crippen molar-refractivity contribution in [1.82, 2.24) is 19.7 Å². The third-order valence-corrected chi connectivity index (χ3v) is 2.65. The van der Waals surface area contributed by atoms with Gasteiger partial charge in [-0.15, -0.1) is 0 Å². The summed E-state index contributed by atoms with van der Waals surface area (Å²) >= 11 is 3.30. The summed E-state index contributed by atoms with van der Waals surface area (Å²) in [7, 11) is 3.44. The standard InChI is InChI=1S/C10H12BrN5O/c1-16-4-3-7(15-16)5-12-10-13-6-8(11)9(14-10)17-2/h3-4,6H,5H2,1-2H3,(H,12,13,14). The molecule has 0 fully saturated rings. The molecule has 0 radical (unpaired) electrons. The van der Waals surface area contributed by atoms with E-state index in [1.54, 1.807) is 18.0 Å². The van der Waals surface area contributed by atoms with Gasteiger partial charge in [-0.1, -0.05) is 0 Å². The Hall–Kier alpha value is -1.63. The highest BCUT2D eigenvalue weighted by Gasteiger charge is 2.05. The summed E-state index contributed by atoms with van der Waals surface area (Å²) in [6.07, 6.45) is 3.53. The summed E-state index contributed by atoms with van der Waals surface area (Å²) in [6, 6.07) is 1.93. The van der Waals surface area contributed by atoms with Crippen LogP contribution in [0.25, 0.3) is 0 Å². The van der Waals surface area contributed by atoms with E-state index in [0.717, 1.165) is 10.2 Å². The van der Waals surface area contributed by atoms with Gasteiger partial charge in [-0.3, -0.25) is 4.68 Å². The molecule has 0 aliphatic carbocycles. The number of hydrogen-bond acceptors (Lipinski definition) is 5. The fraction of sp³-hybridized carbons (Fsp3) is 0.300. The maximum absolute atomic E-state index is 5.08. The molecule has 2 rings (SSSR count). The average Bonchev–Trinajstić information content (AvgIpc) is 2.74. The number of ether oxygens (including phenoxy) is 1. The maximum Gasteiger partial charge on any atom is 0.232 e. The van der Waals surface area contributed by atoms with Crippen molar-refractivity contribution in [2.75, 3.05) is 12.4 Å². The minimum Gasteiger partial charge on any atom is -0.480 e. The summed E-state index contributed by atoms with van der Waals surface area (Å²) in [5.41, 5.74) is 0.929. The number of aryl methyl sites for hydroxylation is 1. The Morgan fingerprint density at radius 2 is 2.35 bits per heavy atom. The Morgan fingerprint density at radius 3 is 3.00 bits per heavy atom. The molecule has 17 heavy (non-hydrogen) atoms. The molecular weight excluding hydrogens is 286 g/mol. The first-order valence-electron chi connectivity index (χ1n) is 4.98. The number of rotatable bonds is 4. The van der Waals surface area contributed by atoms with Gasteiger partial charge >= 0.3 is 0 Å². The first kappa shape index (κ1) is 11.8. The van der Waals surface area contributed by atoms with Crippen molar-refractivity contribution in [2.45, 2.75) is 6.54 Å². The van der Waals surface area contributed by atoms with E-state index >= 15 is 0 Å². The quantitative estimate of drug-likeness (QED) is 0.928. The Labute approximate surface area is 107 Å². The van der Waals surface area contributed by atoms with Crippen LogP contribution in [0.5, 0.6) is 5.88 Å². The van der Waals surface area contributed by atoms with E-state index in [1.165, 1.54) is 0 Å². The molecule has 1 N–H and O–H groups in total. The van der Waals surface area contributed by atoms with Gasteiger partial charge in [0.1, 0.15) is 0 Å². The average molecular weight is 298 g/mol. The van der Waals surface area contributed by atoms with Crippen LogP contribution in [0.3, 0.4) is 0 Å². The van der Waals surface area contributed by atoms with Gasteiger partial charge in [-0.2, -0.15) is 10.1 Å². The van der Waals surface area contributed by atoms with Crippen molar-refractivity contribution < 1.29 is 4.74 Å². The first-order chi connectivity index (χ1) is 8.19. The molecular formula is C10H12BrN5O. The zero-order chi connectivity index (χ0) is 12.3. The van der Waals surface area contributed by atoms with Crippen LogP contribution in [-0.2, 0) is 13.6 Å². The molecule has 0 amide bonds. The second-order valence-corrected chi connectivity index (χ2v) is 4.24. The summed E-state index contributed by atoms with van der Waals surface area (Å²) in [5, 5.41) is 7.32. The predicted molar refractivity (Wildman–Crippen MR) is 66.8 cm³/mol. The highest BCUT2D eigenvalue weighted by Crippen LogP contribution is 2.21. The molecule has 2 aromatic rings. The molecule has 2 aromatic heterocycles. The van der Waals surface area contributed by atoms with E-state index in [9.17, 15) is 0 Å². The van der Waals surface area contributed by atoms with Crippen molar-refractivity contribution >= 4 is 21.9 Å². The van der Waals surface area contributed by atoms with Gasteiger partial charge in [-0.05, 0) is 22.0 Å². The number of hydrogen-bond donors (Lipinski definition) is 1. The van der Waals surface area contributed by atoms with Crippen molar-refractivity contribution in [3.8, 4) is 5.88 Å². The molecule has 90 valence electrons. The van der Waals surface area contributed by atoms with E-state index in [2.05, 4.69) is 36.3 Å². The molecule has 0 saturated carbocycles. The highest BCUT2D eigenvalue weighted by atomic mass is 79.9. The van der Waals surface area contributed by atoms with Gasteiger partial charge in [0.15, 0.2) is 0 Å². The van der Waals surface area contributed by atoms with Crippen molar-refractivity contribution in [1.29, 1.82) is 0 Å². The number of anilines is 1. The van der Waals surface area contributed by atoms with Gasteiger partial charge < -0.3 is 10.1 Å². The second-order valence-electron chi connectivity index (χ2n) is 3.39. The molecule has 0 unspecified atom stereocenters. The lowest BCUT2D eigenvalue weighted by Crippen LogP contribution is -2.05. The summed E-state index contributed by atoms with van der Waals surface area (Å²) in [5.74, 6) is 1.01. The summed E-state index contributed by atoms with van der Waals surface area (Å²) < 4.78 is 7.56. The SMILES string of the molecule is COc1nc(NCc2ccn(C)n2)ncc1Br. The molecule has 0 saturated heterocycles. The van der Waals surface area contributed by atoms with Crippen LogP contribution in [0, 0.1) is 0 Å². The molecule has 6 nitrogen and oxygen atoms in total. The molecule has 0 aliphatic heterocycles. The topological polar surface area (TPSA) is 64.9 Å². The number of methoxy groups -OCH3 is 1. The van der Waals surface area contributed by atoms with Crippen LogP contribution in [0.1, 0.15) is 5.69 Å². The smallest absolute Gasteiger partial charge is 0.232 e. The third kappa shape index (κ3) is 2.94. The van der Waals surface area contributed by atoms with Gasteiger partial charge in [0.2, 0.25) is 11.8 Å². The lowest BCUT2D eigenvalue weighted by atomic mass is 10.4. The van der Waals surface area contributed by atoms with E-state index < -0.39 is 0 Å². The highest BCUT2D eigenvalue weighted by molar-refractivity contribution is 9.10. The van der Waals surface area contributed by atoms with Gasteiger partial charge in [0.05, 0.1) is 30.0 Å². The lowest BCUT2D eigenvalue weighted by Gasteiger charge is -2.05. The fourth-order valence-corrected chi connectivity index (χ4v) is 1.66. The molecule has 0 atom stereocenters. The fourth-order valence-electron chi connectivity index (χ4n) is 1.31.